The standard InChI is InChI=1S/C7H17NO.ClH/c1-7(2,3)4-6(8)5-9;/h6,9H,4-5,8H2,1-3H3;1H/t6-;/m0./s1. The van der Waals surface area contributed by atoms with Crippen LogP contribution < -0.4 is 5.73 Å². The molecule has 0 radical (unpaired) electrons. The third-order valence-electron chi connectivity index (χ3n) is 1.11. The minimum absolute atomic E-state index is 0. The summed E-state index contributed by atoms with van der Waals surface area (Å²) >= 11 is 0. The molecule has 3 heteroatoms. The lowest BCUT2D eigenvalue weighted by molar-refractivity contribution is 0.224. The van der Waals surface area contributed by atoms with Gasteiger partial charge >= 0.3 is 0 Å². The van der Waals surface area contributed by atoms with Crippen molar-refractivity contribution >= 4 is 12.4 Å². The maximum Gasteiger partial charge on any atom is 0.0582 e. The van der Waals surface area contributed by atoms with E-state index in [4.69, 9.17) is 10.8 Å². The number of aliphatic hydroxyl groups is 1. The largest absolute Gasteiger partial charge is 0.395 e. The molecule has 0 aromatic carbocycles. The molecule has 0 saturated carbocycles. The average molecular weight is 168 g/mol. The molecule has 0 aliphatic heterocycles. The molecule has 0 aliphatic rings. The van der Waals surface area contributed by atoms with E-state index in [1.54, 1.807) is 0 Å². The fourth-order valence-electron chi connectivity index (χ4n) is 0.851. The molecule has 0 amide bonds. The first kappa shape index (κ1) is 12.8. The van der Waals surface area contributed by atoms with Gasteiger partial charge in [0.15, 0.2) is 0 Å². The highest BCUT2D eigenvalue weighted by Crippen LogP contribution is 2.19. The normalized spacial score (nSPS) is 14.1. The van der Waals surface area contributed by atoms with Gasteiger partial charge in [-0.25, -0.2) is 0 Å². The van der Waals surface area contributed by atoms with Crippen molar-refractivity contribution in [2.75, 3.05) is 6.61 Å². The van der Waals surface area contributed by atoms with Crippen LogP contribution in [0.5, 0.6) is 0 Å². The summed E-state index contributed by atoms with van der Waals surface area (Å²) in [6.45, 7) is 6.44. The summed E-state index contributed by atoms with van der Waals surface area (Å²) in [5.74, 6) is 0. The molecule has 0 unspecified atom stereocenters. The van der Waals surface area contributed by atoms with E-state index in [9.17, 15) is 0 Å². The zero-order valence-electron chi connectivity index (χ0n) is 6.92. The predicted molar refractivity (Wildman–Crippen MR) is 46.4 cm³/mol. The molecule has 0 rings (SSSR count). The number of halogens is 1. The predicted octanol–water partition coefficient (Wildman–Crippen LogP) is 1.16. The number of rotatable bonds is 2. The van der Waals surface area contributed by atoms with Crippen molar-refractivity contribution in [3.63, 3.8) is 0 Å². The van der Waals surface area contributed by atoms with Crippen molar-refractivity contribution in [2.45, 2.75) is 33.2 Å². The van der Waals surface area contributed by atoms with E-state index in [1.807, 2.05) is 0 Å². The zero-order chi connectivity index (χ0) is 7.49. The van der Waals surface area contributed by atoms with Crippen molar-refractivity contribution < 1.29 is 5.11 Å². The topological polar surface area (TPSA) is 46.2 Å². The molecule has 0 bridgehead atoms. The molecule has 0 fully saturated rings. The lowest BCUT2D eigenvalue weighted by Crippen LogP contribution is -2.29. The monoisotopic (exact) mass is 167 g/mol. The maximum absolute atomic E-state index is 8.57. The Morgan fingerprint density at radius 2 is 1.80 bits per heavy atom. The number of hydrogen-bond donors (Lipinski definition) is 2. The van der Waals surface area contributed by atoms with Crippen LogP contribution in [0.4, 0.5) is 0 Å². The van der Waals surface area contributed by atoms with Gasteiger partial charge in [-0.3, -0.25) is 0 Å². The lowest BCUT2D eigenvalue weighted by atomic mass is 9.89. The average Bonchev–Trinajstić information content (AvgIpc) is 1.62. The van der Waals surface area contributed by atoms with E-state index in [0.717, 1.165) is 6.42 Å². The summed E-state index contributed by atoms with van der Waals surface area (Å²) in [5.41, 5.74) is 5.75. The van der Waals surface area contributed by atoms with E-state index in [-0.39, 0.29) is 30.5 Å². The molecule has 2 nitrogen and oxygen atoms in total. The minimum atomic E-state index is -0.0509. The van der Waals surface area contributed by atoms with E-state index < -0.39 is 0 Å². The molecule has 0 aromatic heterocycles. The van der Waals surface area contributed by atoms with E-state index >= 15 is 0 Å². The van der Waals surface area contributed by atoms with Crippen LogP contribution in [0.25, 0.3) is 0 Å². The van der Waals surface area contributed by atoms with Crippen molar-refractivity contribution in [1.82, 2.24) is 0 Å². The van der Waals surface area contributed by atoms with Crippen LogP contribution in [0.15, 0.2) is 0 Å². The summed E-state index contributed by atoms with van der Waals surface area (Å²) in [5, 5.41) is 8.57. The molecule has 0 aliphatic carbocycles. The third-order valence-corrected chi connectivity index (χ3v) is 1.11. The van der Waals surface area contributed by atoms with Crippen molar-refractivity contribution in [1.29, 1.82) is 0 Å². The quantitative estimate of drug-likeness (QED) is 0.649. The van der Waals surface area contributed by atoms with Gasteiger partial charge in [-0.15, -0.1) is 12.4 Å². The Kier molecular flexibility index (Phi) is 6.35. The fourth-order valence-corrected chi connectivity index (χ4v) is 0.851. The Balaban J connectivity index is 0. The van der Waals surface area contributed by atoms with Gasteiger partial charge in [-0.2, -0.15) is 0 Å². The van der Waals surface area contributed by atoms with Gasteiger partial charge in [0.1, 0.15) is 0 Å². The molecule has 10 heavy (non-hydrogen) atoms. The van der Waals surface area contributed by atoms with E-state index in [1.165, 1.54) is 0 Å². The number of aliphatic hydroxyl groups excluding tert-OH is 1. The van der Waals surface area contributed by atoms with Crippen LogP contribution in [0, 0.1) is 5.41 Å². The highest BCUT2D eigenvalue weighted by Gasteiger charge is 2.14. The molecular formula is C7H18ClNO. The first-order chi connectivity index (χ1) is 3.95. The summed E-state index contributed by atoms with van der Waals surface area (Å²) in [4.78, 5) is 0. The second-order valence-electron chi connectivity index (χ2n) is 3.71. The zero-order valence-corrected chi connectivity index (χ0v) is 7.74. The Morgan fingerprint density at radius 1 is 1.40 bits per heavy atom. The molecule has 0 aromatic rings. The van der Waals surface area contributed by atoms with Crippen LogP contribution in [0.3, 0.4) is 0 Å². The molecule has 64 valence electrons. The van der Waals surface area contributed by atoms with Gasteiger partial charge in [0.05, 0.1) is 6.61 Å². The van der Waals surface area contributed by atoms with Crippen molar-refractivity contribution in [3.05, 3.63) is 0 Å². The van der Waals surface area contributed by atoms with Gasteiger partial charge in [-0.05, 0) is 11.8 Å². The van der Waals surface area contributed by atoms with Crippen molar-refractivity contribution in [3.8, 4) is 0 Å². The Labute approximate surface area is 69.2 Å². The molecular weight excluding hydrogens is 150 g/mol. The summed E-state index contributed by atoms with van der Waals surface area (Å²) in [6, 6.07) is -0.0509. The first-order valence-corrected chi connectivity index (χ1v) is 3.32. The van der Waals surface area contributed by atoms with Crippen LogP contribution in [0.2, 0.25) is 0 Å². The van der Waals surface area contributed by atoms with Crippen LogP contribution in [-0.4, -0.2) is 17.8 Å². The highest BCUT2D eigenvalue weighted by molar-refractivity contribution is 5.85. The van der Waals surface area contributed by atoms with Gasteiger partial charge in [0, 0.05) is 6.04 Å². The van der Waals surface area contributed by atoms with Gasteiger partial charge in [0.2, 0.25) is 0 Å². The van der Waals surface area contributed by atoms with Crippen LogP contribution >= 0.6 is 12.4 Å². The molecule has 3 N–H and O–H groups in total. The summed E-state index contributed by atoms with van der Waals surface area (Å²) in [6.07, 6.45) is 0.878. The Morgan fingerprint density at radius 3 is 1.90 bits per heavy atom. The SMILES string of the molecule is CC(C)(C)C[C@H](N)CO.Cl. The van der Waals surface area contributed by atoms with E-state index in [0.29, 0.717) is 0 Å². The van der Waals surface area contributed by atoms with Gasteiger partial charge in [0.25, 0.3) is 0 Å². The third kappa shape index (κ3) is 8.21. The number of nitrogens with two attached hydrogens (primary N) is 1. The molecule has 0 spiro atoms. The molecule has 0 heterocycles. The fraction of sp³-hybridized carbons (Fsp3) is 1.00. The maximum atomic E-state index is 8.57. The molecule has 1 atom stereocenters. The van der Waals surface area contributed by atoms with Gasteiger partial charge in [-0.1, -0.05) is 20.8 Å². The Hall–Kier alpha value is 0.210. The first-order valence-electron chi connectivity index (χ1n) is 3.32. The number of hydrogen-bond acceptors (Lipinski definition) is 2. The second-order valence-corrected chi connectivity index (χ2v) is 3.71. The van der Waals surface area contributed by atoms with Crippen LogP contribution in [-0.2, 0) is 0 Å². The second kappa shape index (κ2) is 4.94. The smallest absolute Gasteiger partial charge is 0.0582 e. The van der Waals surface area contributed by atoms with Gasteiger partial charge < -0.3 is 10.8 Å². The summed E-state index contributed by atoms with van der Waals surface area (Å²) in [7, 11) is 0. The Bertz CT molecular complexity index is 80.2. The van der Waals surface area contributed by atoms with Crippen molar-refractivity contribution in [2.24, 2.45) is 11.1 Å². The lowest BCUT2D eigenvalue weighted by Gasteiger charge is -2.21. The molecule has 0 saturated heterocycles. The minimum Gasteiger partial charge on any atom is -0.395 e. The van der Waals surface area contributed by atoms with E-state index in [2.05, 4.69) is 20.8 Å². The van der Waals surface area contributed by atoms with Crippen LogP contribution in [0.1, 0.15) is 27.2 Å². The summed E-state index contributed by atoms with van der Waals surface area (Å²) < 4.78 is 0. The highest BCUT2D eigenvalue weighted by atomic mass is 35.5.